The summed E-state index contributed by atoms with van der Waals surface area (Å²) >= 11 is 6.01. The van der Waals surface area contributed by atoms with Gasteiger partial charge in [-0.3, -0.25) is 0 Å². The van der Waals surface area contributed by atoms with E-state index in [1.165, 1.54) is 18.2 Å². The molecule has 2 rings (SSSR count). The third kappa shape index (κ3) is 4.02. The highest BCUT2D eigenvalue weighted by atomic mass is 79.9. The van der Waals surface area contributed by atoms with E-state index in [0.29, 0.717) is 0 Å². The van der Waals surface area contributed by atoms with Gasteiger partial charge in [0, 0.05) is 16.9 Å². The van der Waals surface area contributed by atoms with Gasteiger partial charge in [-0.2, -0.15) is 30.7 Å². The smallest absolute Gasteiger partial charge is 0.248 e. The first-order chi connectivity index (χ1) is 12.1. The molecule has 0 N–H and O–H groups in total. The van der Waals surface area contributed by atoms with Gasteiger partial charge >= 0.3 is 17.4 Å². The topological polar surface area (TPSA) is 17.1 Å². The van der Waals surface area contributed by atoms with Crippen LogP contribution < -0.4 is 0 Å². The van der Waals surface area contributed by atoms with Crippen molar-refractivity contribution in [3.63, 3.8) is 0 Å². The highest BCUT2D eigenvalue weighted by molar-refractivity contribution is 9.12. The summed E-state index contributed by atoms with van der Waals surface area (Å²) in [6.45, 7) is 0. The SMILES string of the molecule is O=S(C1=CC(Br)(c2ccccc2F)CC(Br)=C1)C(F)(F)C(F)(F)C(F)(F)F. The van der Waals surface area contributed by atoms with Gasteiger partial charge in [-0.25, -0.2) is 8.60 Å². The zero-order valence-electron chi connectivity index (χ0n) is 12.8. The summed E-state index contributed by atoms with van der Waals surface area (Å²) in [5.74, 6) is -7.32. The Morgan fingerprint density at radius 1 is 1.04 bits per heavy atom. The minimum absolute atomic E-state index is 0.0413. The van der Waals surface area contributed by atoms with E-state index in [0.717, 1.165) is 18.2 Å². The molecule has 0 bridgehead atoms. The fourth-order valence-corrected chi connectivity index (χ4v) is 5.72. The fraction of sp³-hybridized carbons (Fsp3) is 0.333. The molecule has 0 aromatic heterocycles. The number of allylic oxidation sites excluding steroid dienone is 3. The van der Waals surface area contributed by atoms with Crippen molar-refractivity contribution < 1.29 is 39.3 Å². The van der Waals surface area contributed by atoms with Gasteiger partial charge < -0.3 is 0 Å². The molecule has 1 aliphatic carbocycles. The van der Waals surface area contributed by atoms with Crippen molar-refractivity contribution >= 4 is 42.7 Å². The lowest BCUT2D eigenvalue weighted by Gasteiger charge is -2.32. The predicted molar refractivity (Wildman–Crippen MR) is 90.8 cm³/mol. The Morgan fingerprint density at radius 2 is 1.59 bits per heavy atom. The average molecular weight is 548 g/mol. The molecule has 0 saturated carbocycles. The first-order valence-electron chi connectivity index (χ1n) is 6.90. The second kappa shape index (κ2) is 7.25. The number of hydrogen-bond acceptors (Lipinski definition) is 1. The van der Waals surface area contributed by atoms with Gasteiger partial charge in [-0.15, -0.1) is 0 Å². The highest BCUT2D eigenvalue weighted by Crippen LogP contribution is 2.52. The molecule has 0 saturated heterocycles. The number of alkyl halides is 8. The van der Waals surface area contributed by atoms with Gasteiger partial charge in [-0.05, 0) is 22.7 Å². The van der Waals surface area contributed by atoms with E-state index in [1.54, 1.807) is 0 Å². The standard InChI is InChI=1S/C15H8Br2F8OS/c16-8-5-9(27(26)15(24,25)13(19,20)14(21,22)23)7-12(17,6-8)10-3-1-2-4-11(10)18/h1-5,7H,6H2. The van der Waals surface area contributed by atoms with Crippen molar-refractivity contribution in [2.45, 2.75) is 28.1 Å². The van der Waals surface area contributed by atoms with Gasteiger partial charge in [0.2, 0.25) is 0 Å². The van der Waals surface area contributed by atoms with Crippen molar-refractivity contribution in [1.29, 1.82) is 0 Å². The lowest BCUT2D eigenvalue weighted by Crippen LogP contribution is -2.54. The summed E-state index contributed by atoms with van der Waals surface area (Å²) < 4.78 is 115. The maximum absolute atomic E-state index is 14.1. The van der Waals surface area contributed by atoms with Crippen LogP contribution in [0.15, 0.2) is 45.8 Å². The first-order valence-corrected chi connectivity index (χ1v) is 9.64. The van der Waals surface area contributed by atoms with Crippen LogP contribution in [0.4, 0.5) is 35.1 Å². The molecule has 1 nitrogen and oxygen atoms in total. The van der Waals surface area contributed by atoms with Crippen molar-refractivity contribution in [2.24, 2.45) is 0 Å². The van der Waals surface area contributed by atoms with Crippen LogP contribution in [0.5, 0.6) is 0 Å². The Balaban J connectivity index is 2.55. The highest BCUT2D eigenvalue weighted by Gasteiger charge is 2.76. The van der Waals surface area contributed by atoms with Crippen LogP contribution in [0.2, 0.25) is 0 Å². The molecule has 2 unspecified atom stereocenters. The monoisotopic (exact) mass is 546 g/mol. The lowest BCUT2D eigenvalue weighted by atomic mass is 9.92. The number of halogens is 10. The molecular formula is C15H8Br2F8OS. The van der Waals surface area contributed by atoms with Gasteiger partial charge in [0.05, 0.1) is 4.32 Å². The Kier molecular flexibility index (Phi) is 6.05. The van der Waals surface area contributed by atoms with E-state index < -0.39 is 43.2 Å². The van der Waals surface area contributed by atoms with E-state index in [4.69, 9.17) is 0 Å². The van der Waals surface area contributed by atoms with Gasteiger partial charge in [-0.1, -0.05) is 50.1 Å². The normalized spacial score (nSPS) is 22.9. The zero-order valence-corrected chi connectivity index (χ0v) is 16.8. The quantitative estimate of drug-likeness (QED) is 0.310. The third-order valence-corrected chi connectivity index (χ3v) is 6.42. The van der Waals surface area contributed by atoms with E-state index in [1.807, 2.05) is 0 Å². The molecule has 0 aliphatic heterocycles. The van der Waals surface area contributed by atoms with Crippen LogP contribution in [0, 0.1) is 5.82 Å². The van der Waals surface area contributed by atoms with Gasteiger partial charge in [0.1, 0.15) is 16.6 Å². The van der Waals surface area contributed by atoms with Crippen LogP contribution in [-0.4, -0.2) is 21.6 Å². The molecule has 1 aliphatic rings. The van der Waals surface area contributed by atoms with Crippen molar-refractivity contribution in [3.8, 4) is 0 Å². The Hall–Kier alpha value is -0.750. The lowest BCUT2D eigenvalue weighted by molar-refractivity contribution is -0.331. The second-order valence-electron chi connectivity index (χ2n) is 5.51. The molecule has 0 fully saturated rings. The van der Waals surface area contributed by atoms with E-state index in [2.05, 4.69) is 31.9 Å². The molecule has 2 atom stereocenters. The van der Waals surface area contributed by atoms with Gasteiger partial charge in [0.25, 0.3) is 0 Å². The number of rotatable bonds is 4. The Bertz CT molecular complexity index is 833. The fourth-order valence-electron chi connectivity index (χ4n) is 2.28. The van der Waals surface area contributed by atoms with Crippen LogP contribution in [0.1, 0.15) is 12.0 Å². The van der Waals surface area contributed by atoms with Crippen molar-refractivity contribution in [1.82, 2.24) is 0 Å². The van der Waals surface area contributed by atoms with Crippen molar-refractivity contribution in [2.75, 3.05) is 0 Å². The van der Waals surface area contributed by atoms with E-state index in [-0.39, 0.29) is 16.5 Å². The van der Waals surface area contributed by atoms with E-state index >= 15 is 0 Å². The Morgan fingerprint density at radius 3 is 2.11 bits per heavy atom. The largest absolute Gasteiger partial charge is 0.461 e. The van der Waals surface area contributed by atoms with Crippen LogP contribution in [0.3, 0.4) is 0 Å². The summed E-state index contributed by atoms with van der Waals surface area (Å²) in [5.41, 5.74) is -0.101. The maximum atomic E-state index is 14.1. The van der Waals surface area contributed by atoms with Crippen LogP contribution in [-0.2, 0) is 15.1 Å². The van der Waals surface area contributed by atoms with E-state index in [9.17, 15) is 39.3 Å². The summed E-state index contributed by atoms with van der Waals surface area (Å²) in [7, 11) is -4.08. The predicted octanol–water partition coefficient (Wildman–Crippen LogP) is 6.52. The summed E-state index contributed by atoms with van der Waals surface area (Å²) in [6.07, 6.45) is -5.21. The molecule has 0 amide bonds. The summed E-state index contributed by atoms with van der Waals surface area (Å²) in [5, 5.41) is -5.94. The molecule has 1 aromatic carbocycles. The summed E-state index contributed by atoms with van der Waals surface area (Å²) in [4.78, 5) is -1.01. The molecule has 12 heteroatoms. The average Bonchev–Trinajstić information content (AvgIpc) is 2.52. The first kappa shape index (κ1) is 22.5. The molecule has 27 heavy (non-hydrogen) atoms. The minimum Gasteiger partial charge on any atom is -0.248 e. The maximum Gasteiger partial charge on any atom is 0.461 e. The molecule has 0 heterocycles. The zero-order chi connectivity index (χ0) is 20.8. The molecular weight excluding hydrogens is 540 g/mol. The molecule has 0 spiro atoms. The van der Waals surface area contributed by atoms with Gasteiger partial charge in [0.15, 0.2) is 0 Å². The Labute approximate surface area is 167 Å². The third-order valence-electron chi connectivity index (χ3n) is 3.59. The molecule has 0 radical (unpaired) electrons. The van der Waals surface area contributed by atoms with Crippen molar-refractivity contribution in [3.05, 3.63) is 57.2 Å². The van der Waals surface area contributed by atoms with Crippen LogP contribution in [0.25, 0.3) is 0 Å². The second-order valence-corrected chi connectivity index (χ2v) is 9.47. The summed E-state index contributed by atoms with van der Waals surface area (Å²) in [6, 6.07) is 5.05. The number of hydrogen-bond donors (Lipinski definition) is 0. The molecule has 1 aromatic rings. The number of benzene rings is 1. The minimum atomic E-state index is -6.61. The van der Waals surface area contributed by atoms with Crippen LogP contribution >= 0.6 is 31.9 Å². The molecule has 150 valence electrons.